The average Bonchev–Trinajstić information content (AvgIpc) is 2.81. The summed E-state index contributed by atoms with van der Waals surface area (Å²) >= 11 is 0. The Balaban J connectivity index is 1.59. The molecule has 4 aromatic rings. The van der Waals surface area contributed by atoms with E-state index in [9.17, 15) is 14.4 Å². The van der Waals surface area contributed by atoms with E-state index in [1.165, 1.54) is 6.92 Å². The molecule has 3 amide bonds. The Morgan fingerprint density at radius 2 is 1.32 bits per heavy atom. The van der Waals surface area contributed by atoms with Crippen molar-refractivity contribution in [1.82, 2.24) is 0 Å². The molecule has 4 rings (SSSR count). The number of carbonyl (C=O) groups excluding carboxylic acids is 3. The molecule has 0 saturated carbocycles. The number of anilines is 3. The highest BCUT2D eigenvalue weighted by Gasteiger charge is 2.16. The van der Waals surface area contributed by atoms with E-state index >= 15 is 0 Å². The van der Waals surface area contributed by atoms with Crippen LogP contribution in [0.25, 0.3) is 10.8 Å². The van der Waals surface area contributed by atoms with Crippen LogP contribution in [0.15, 0.2) is 84.9 Å². The van der Waals surface area contributed by atoms with Crippen LogP contribution < -0.4 is 20.7 Å². The maximum absolute atomic E-state index is 13.2. The number of para-hydroxylation sites is 1. The number of urea groups is 1. The summed E-state index contributed by atoms with van der Waals surface area (Å²) in [6.45, 7) is 3.22. The minimum Gasteiger partial charge on any atom is -0.427 e. The van der Waals surface area contributed by atoms with E-state index in [0.29, 0.717) is 28.4 Å². The van der Waals surface area contributed by atoms with Crippen LogP contribution in [0.1, 0.15) is 22.8 Å². The third-order valence-electron chi connectivity index (χ3n) is 5.15. The lowest BCUT2D eigenvalue weighted by molar-refractivity contribution is -0.131. The van der Waals surface area contributed by atoms with Crippen LogP contribution in [-0.2, 0) is 4.79 Å². The highest BCUT2D eigenvalue weighted by molar-refractivity contribution is 6.13. The fraction of sp³-hybridized carbons (Fsp3) is 0.0741. The van der Waals surface area contributed by atoms with Crippen molar-refractivity contribution in [2.75, 3.05) is 16.0 Å². The molecule has 0 unspecified atom stereocenters. The zero-order chi connectivity index (χ0) is 24.1. The first-order valence-corrected chi connectivity index (χ1v) is 10.7. The molecule has 0 aliphatic carbocycles. The van der Waals surface area contributed by atoms with E-state index in [0.717, 1.165) is 16.3 Å². The van der Waals surface area contributed by atoms with Crippen molar-refractivity contribution in [3.05, 3.63) is 96.1 Å². The topological polar surface area (TPSA) is 96.5 Å². The number of fused-ring (bicyclic) bond motifs is 1. The molecule has 7 heteroatoms. The molecule has 0 bridgehead atoms. The zero-order valence-electron chi connectivity index (χ0n) is 18.7. The van der Waals surface area contributed by atoms with Gasteiger partial charge in [-0.25, -0.2) is 4.79 Å². The molecular formula is C27H23N3O4. The third kappa shape index (κ3) is 5.39. The molecule has 0 heterocycles. The number of hydrogen-bond acceptors (Lipinski definition) is 4. The highest BCUT2D eigenvalue weighted by atomic mass is 16.5. The monoisotopic (exact) mass is 453 g/mol. The second kappa shape index (κ2) is 9.87. The Morgan fingerprint density at radius 3 is 2.00 bits per heavy atom. The van der Waals surface area contributed by atoms with Crippen LogP contribution in [0.2, 0.25) is 0 Å². The summed E-state index contributed by atoms with van der Waals surface area (Å²) in [6.07, 6.45) is 0. The molecule has 34 heavy (non-hydrogen) atoms. The van der Waals surface area contributed by atoms with Gasteiger partial charge in [0.25, 0.3) is 5.91 Å². The van der Waals surface area contributed by atoms with Crippen molar-refractivity contribution in [2.45, 2.75) is 13.8 Å². The van der Waals surface area contributed by atoms with Crippen LogP contribution in [0.5, 0.6) is 5.75 Å². The minimum absolute atomic E-state index is 0.308. The van der Waals surface area contributed by atoms with Gasteiger partial charge in [-0.05, 0) is 65.7 Å². The molecule has 0 aliphatic rings. The van der Waals surface area contributed by atoms with Crippen LogP contribution in [0.4, 0.5) is 21.9 Å². The van der Waals surface area contributed by atoms with Gasteiger partial charge in [-0.2, -0.15) is 0 Å². The fourth-order valence-corrected chi connectivity index (χ4v) is 3.49. The Bertz CT molecular complexity index is 1380. The molecule has 0 aromatic heterocycles. The lowest BCUT2D eigenvalue weighted by Gasteiger charge is -2.15. The molecule has 170 valence electrons. The average molecular weight is 453 g/mol. The first-order valence-electron chi connectivity index (χ1n) is 10.7. The molecule has 7 nitrogen and oxygen atoms in total. The SMILES string of the molecule is CC(=O)Oc1ccc(NC(=O)c2cc3ccccc3cc2NC(=O)Nc2ccccc2C)cc1. The maximum atomic E-state index is 13.2. The van der Waals surface area contributed by atoms with E-state index in [1.807, 2.05) is 55.5 Å². The number of benzene rings is 4. The zero-order valence-corrected chi connectivity index (χ0v) is 18.7. The van der Waals surface area contributed by atoms with Crippen LogP contribution in [0.3, 0.4) is 0 Å². The first kappa shape index (κ1) is 22.5. The summed E-state index contributed by atoms with van der Waals surface area (Å²) in [5.41, 5.74) is 2.80. The van der Waals surface area contributed by atoms with Crippen LogP contribution >= 0.6 is 0 Å². The van der Waals surface area contributed by atoms with Gasteiger partial charge in [0.15, 0.2) is 0 Å². The second-order valence-electron chi connectivity index (χ2n) is 7.71. The number of amides is 3. The molecule has 3 N–H and O–H groups in total. The van der Waals surface area contributed by atoms with Gasteiger partial charge >= 0.3 is 12.0 Å². The number of carbonyl (C=O) groups is 3. The second-order valence-corrected chi connectivity index (χ2v) is 7.71. The van der Waals surface area contributed by atoms with E-state index in [2.05, 4.69) is 16.0 Å². The molecule has 0 radical (unpaired) electrons. The summed E-state index contributed by atoms with van der Waals surface area (Å²) < 4.78 is 5.02. The Labute approximate surface area is 196 Å². The van der Waals surface area contributed by atoms with Crippen molar-refractivity contribution in [3.8, 4) is 5.75 Å². The summed E-state index contributed by atoms with van der Waals surface area (Å²) in [5, 5.41) is 10.2. The summed E-state index contributed by atoms with van der Waals surface area (Å²) in [7, 11) is 0. The standard InChI is InChI=1S/C27H23N3O4/c1-17-7-3-6-10-24(17)29-27(33)30-25-16-20-9-5-4-8-19(20)15-23(25)26(32)28-21-11-13-22(14-12-21)34-18(2)31/h3-16H,1-2H3,(H,28,32)(H2,29,30,33). The predicted octanol–water partition coefficient (Wildman–Crippen LogP) is 5.97. The van der Waals surface area contributed by atoms with E-state index in [-0.39, 0.29) is 0 Å². The molecule has 0 saturated heterocycles. The number of aryl methyl sites for hydroxylation is 1. The summed E-state index contributed by atoms with van der Waals surface area (Å²) in [4.78, 5) is 37.0. The number of rotatable bonds is 5. The predicted molar refractivity (Wildman–Crippen MR) is 133 cm³/mol. The Kier molecular flexibility index (Phi) is 6.54. The summed E-state index contributed by atoms with van der Waals surface area (Å²) in [6, 6.07) is 24.5. The van der Waals surface area contributed by atoms with E-state index < -0.39 is 17.9 Å². The third-order valence-corrected chi connectivity index (χ3v) is 5.15. The minimum atomic E-state index is -0.454. The molecule has 0 spiro atoms. The Hall–Kier alpha value is -4.65. The molecule has 0 aliphatic heterocycles. The summed E-state index contributed by atoms with van der Waals surface area (Å²) in [5.74, 6) is -0.434. The molecule has 4 aromatic carbocycles. The normalized spacial score (nSPS) is 10.4. The van der Waals surface area contributed by atoms with Crippen molar-refractivity contribution in [1.29, 1.82) is 0 Å². The van der Waals surface area contributed by atoms with Crippen molar-refractivity contribution < 1.29 is 19.1 Å². The van der Waals surface area contributed by atoms with Gasteiger partial charge in [0.05, 0.1) is 11.3 Å². The van der Waals surface area contributed by atoms with E-state index in [4.69, 9.17) is 4.74 Å². The molecular weight excluding hydrogens is 430 g/mol. The van der Waals surface area contributed by atoms with Gasteiger partial charge < -0.3 is 20.7 Å². The van der Waals surface area contributed by atoms with Crippen LogP contribution in [-0.4, -0.2) is 17.9 Å². The largest absolute Gasteiger partial charge is 0.427 e. The molecule has 0 fully saturated rings. The first-order chi connectivity index (χ1) is 16.4. The van der Waals surface area contributed by atoms with Crippen molar-refractivity contribution in [3.63, 3.8) is 0 Å². The Morgan fingerprint density at radius 1 is 0.706 bits per heavy atom. The van der Waals surface area contributed by atoms with Gasteiger partial charge in [0.2, 0.25) is 0 Å². The van der Waals surface area contributed by atoms with Gasteiger partial charge in [0, 0.05) is 18.3 Å². The quantitative estimate of drug-likeness (QED) is 0.256. The lowest BCUT2D eigenvalue weighted by atomic mass is 10.0. The fourth-order valence-electron chi connectivity index (χ4n) is 3.49. The van der Waals surface area contributed by atoms with Gasteiger partial charge in [-0.3, -0.25) is 9.59 Å². The number of hydrogen-bond donors (Lipinski definition) is 3. The number of ether oxygens (including phenoxy) is 1. The van der Waals surface area contributed by atoms with Crippen molar-refractivity contribution >= 4 is 45.7 Å². The smallest absolute Gasteiger partial charge is 0.323 e. The number of nitrogens with one attached hydrogen (secondary N) is 3. The van der Waals surface area contributed by atoms with Crippen LogP contribution in [0, 0.1) is 6.92 Å². The van der Waals surface area contributed by atoms with Gasteiger partial charge in [-0.15, -0.1) is 0 Å². The maximum Gasteiger partial charge on any atom is 0.323 e. The van der Waals surface area contributed by atoms with E-state index in [1.54, 1.807) is 36.4 Å². The van der Waals surface area contributed by atoms with Crippen molar-refractivity contribution in [2.24, 2.45) is 0 Å². The van der Waals surface area contributed by atoms with Gasteiger partial charge in [0.1, 0.15) is 5.75 Å². The van der Waals surface area contributed by atoms with Gasteiger partial charge in [-0.1, -0.05) is 42.5 Å². The number of esters is 1. The molecule has 0 atom stereocenters. The lowest BCUT2D eigenvalue weighted by Crippen LogP contribution is -2.22. The highest BCUT2D eigenvalue weighted by Crippen LogP contribution is 2.26.